The Morgan fingerprint density at radius 1 is 1.43 bits per heavy atom. The number of nitrogens with two attached hydrogens (primary N) is 1. The van der Waals surface area contributed by atoms with Gasteiger partial charge in [0.25, 0.3) is 0 Å². The van der Waals surface area contributed by atoms with Crippen molar-refractivity contribution in [2.75, 3.05) is 12.3 Å². The van der Waals surface area contributed by atoms with E-state index in [9.17, 15) is 14.4 Å². The minimum atomic E-state index is -0.681. The molecular formula is C14H19N3O6. The van der Waals surface area contributed by atoms with Crippen molar-refractivity contribution >= 4 is 17.8 Å². The zero-order valence-corrected chi connectivity index (χ0v) is 13.1. The van der Waals surface area contributed by atoms with Gasteiger partial charge in [-0.3, -0.25) is 14.2 Å². The number of esters is 2. The summed E-state index contributed by atoms with van der Waals surface area (Å²) in [6, 6.07) is 0. The molecule has 126 valence electrons. The minimum Gasteiger partial charge on any atom is -0.463 e. The second-order valence-corrected chi connectivity index (χ2v) is 5.31. The predicted octanol–water partition coefficient (Wildman–Crippen LogP) is -0.0838. The van der Waals surface area contributed by atoms with Crippen molar-refractivity contribution < 1.29 is 23.8 Å². The zero-order chi connectivity index (χ0) is 17.1. The molecule has 3 atom stereocenters. The number of nitrogens with zero attached hydrogens (tertiary/aromatic N) is 2. The summed E-state index contributed by atoms with van der Waals surface area (Å²) in [4.78, 5) is 37.9. The van der Waals surface area contributed by atoms with Crippen molar-refractivity contribution in [1.82, 2.24) is 9.55 Å². The average Bonchev–Trinajstić information content (AvgIpc) is 2.82. The van der Waals surface area contributed by atoms with Gasteiger partial charge in [0.1, 0.15) is 30.9 Å². The number of nitrogen functional groups attached to an aromatic ring is 1. The predicted molar refractivity (Wildman–Crippen MR) is 78.4 cm³/mol. The highest BCUT2D eigenvalue weighted by molar-refractivity contribution is 5.66. The molecule has 9 nitrogen and oxygen atoms in total. The lowest BCUT2D eigenvalue weighted by Gasteiger charge is -2.17. The lowest BCUT2D eigenvalue weighted by Crippen LogP contribution is -2.31. The molecule has 0 unspecified atom stereocenters. The van der Waals surface area contributed by atoms with Gasteiger partial charge in [-0.1, -0.05) is 0 Å². The van der Waals surface area contributed by atoms with Crippen LogP contribution in [0.15, 0.2) is 11.0 Å². The smallest absolute Gasteiger partial charge is 0.351 e. The molecule has 0 saturated carbocycles. The van der Waals surface area contributed by atoms with Crippen LogP contribution >= 0.6 is 0 Å². The summed E-state index contributed by atoms with van der Waals surface area (Å²) in [5, 5.41) is 0. The number of aromatic nitrogens is 2. The highest BCUT2D eigenvalue weighted by Gasteiger charge is 2.39. The Labute approximate surface area is 132 Å². The monoisotopic (exact) mass is 325 g/mol. The first-order chi connectivity index (χ1) is 10.8. The topological polar surface area (TPSA) is 123 Å². The Morgan fingerprint density at radius 2 is 2.13 bits per heavy atom. The highest BCUT2D eigenvalue weighted by Crippen LogP contribution is 2.30. The van der Waals surface area contributed by atoms with Crippen LogP contribution in [-0.2, 0) is 23.8 Å². The summed E-state index contributed by atoms with van der Waals surface area (Å²) in [5.74, 6) is -0.802. The van der Waals surface area contributed by atoms with Gasteiger partial charge in [0, 0.05) is 32.0 Å². The third-order valence-corrected chi connectivity index (χ3v) is 3.43. The summed E-state index contributed by atoms with van der Waals surface area (Å²) < 4.78 is 17.1. The number of hydrogen-bond donors (Lipinski definition) is 1. The first kappa shape index (κ1) is 16.9. The number of anilines is 1. The lowest BCUT2D eigenvalue weighted by molar-refractivity contribution is -0.155. The van der Waals surface area contributed by atoms with Gasteiger partial charge < -0.3 is 19.9 Å². The number of aryl methyl sites for hydroxylation is 1. The van der Waals surface area contributed by atoms with E-state index >= 15 is 0 Å². The summed E-state index contributed by atoms with van der Waals surface area (Å²) in [6.45, 7) is 4.19. The molecular weight excluding hydrogens is 306 g/mol. The van der Waals surface area contributed by atoms with Gasteiger partial charge in [-0.15, -0.1) is 0 Å². The van der Waals surface area contributed by atoms with Crippen LogP contribution in [0.25, 0.3) is 0 Å². The van der Waals surface area contributed by atoms with Crippen LogP contribution in [0.3, 0.4) is 0 Å². The van der Waals surface area contributed by atoms with Crippen LogP contribution < -0.4 is 11.4 Å². The maximum atomic E-state index is 12.0. The zero-order valence-electron chi connectivity index (χ0n) is 13.1. The van der Waals surface area contributed by atoms with E-state index < -0.39 is 36.1 Å². The molecule has 1 aliphatic rings. The molecule has 1 saturated heterocycles. The summed E-state index contributed by atoms with van der Waals surface area (Å²) in [6.07, 6.45) is -0.177. The summed E-state index contributed by atoms with van der Waals surface area (Å²) >= 11 is 0. The lowest BCUT2D eigenvalue weighted by atomic mass is 10.2. The molecule has 0 aliphatic carbocycles. The van der Waals surface area contributed by atoms with Crippen LogP contribution in [0.4, 0.5) is 5.82 Å². The van der Waals surface area contributed by atoms with Gasteiger partial charge >= 0.3 is 17.6 Å². The normalized spacial score (nSPS) is 23.5. The Hall–Kier alpha value is -2.42. The van der Waals surface area contributed by atoms with E-state index in [4.69, 9.17) is 19.9 Å². The number of rotatable bonds is 4. The fourth-order valence-electron chi connectivity index (χ4n) is 2.34. The first-order valence-electron chi connectivity index (χ1n) is 7.09. The van der Waals surface area contributed by atoms with Crippen LogP contribution in [0.5, 0.6) is 0 Å². The molecule has 1 aliphatic heterocycles. The molecule has 2 heterocycles. The second kappa shape index (κ2) is 6.78. The van der Waals surface area contributed by atoms with Crippen LogP contribution in [0, 0.1) is 6.92 Å². The van der Waals surface area contributed by atoms with Gasteiger partial charge in [0.05, 0.1) is 0 Å². The Kier molecular flexibility index (Phi) is 4.99. The fraction of sp³-hybridized carbons (Fsp3) is 0.571. The van der Waals surface area contributed by atoms with Gasteiger partial charge in [0.2, 0.25) is 0 Å². The van der Waals surface area contributed by atoms with Crippen molar-refractivity contribution in [2.45, 2.75) is 45.6 Å². The Morgan fingerprint density at radius 3 is 2.74 bits per heavy atom. The molecule has 23 heavy (non-hydrogen) atoms. The van der Waals surface area contributed by atoms with Gasteiger partial charge in [-0.2, -0.15) is 4.98 Å². The average molecular weight is 325 g/mol. The fourth-order valence-corrected chi connectivity index (χ4v) is 2.34. The molecule has 1 aromatic rings. The van der Waals surface area contributed by atoms with E-state index in [2.05, 4.69) is 4.98 Å². The molecule has 1 fully saturated rings. The van der Waals surface area contributed by atoms with Crippen molar-refractivity contribution in [3.63, 3.8) is 0 Å². The molecule has 1 aromatic heterocycles. The van der Waals surface area contributed by atoms with Gasteiger partial charge in [-0.25, -0.2) is 4.79 Å². The van der Waals surface area contributed by atoms with Crippen molar-refractivity contribution in [3.8, 4) is 0 Å². The maximum absolute atomic E-state index is 12.0. The molecule has 0 spiro atoms. The van der Waals surface area contributed by atoms with Gasteiger partial charge in [0.15, 0.2) is 0 Å². The molecule has 9 heteroatoms. The van der Waals surface area contributed by atoms with Crippen molar-refractivity contribution in [1.29, 1.82) is 0 Å². The van der Waals surface area contributed by atoms with Crippen molar-refractivity contribution in [3.05, 3.63) is 22.2 Å². The summed E-state index contributed by atoms with van der Waals surface area (Å²) in [7, 11) is 0. The molecule has 2 N–H and O–H groups in total. The quantitative estimate of drug-likeness (QED) is 0.762. The van der Waals surface area contributed by atoms with E-state index in [1.54, 1.807) is 6.92 Å². The number of hydrogen-bond acceptors (Lipinski definition) is 8. The van der Waals surface area contributed by atoms with E-state index in [0.29, 0.717) is 5.56 Å². The number of carbonyl (C=O) groups excluding carboxylic acids is 2. The second-order valence-electron chi connectivity index (χ2n) is 5.31. The molecule has 0 amide bonds. The highest BCUT2D eigenvalue weighted by atomic mass is 16.6. The summed E-state index contributed by atoms with van der Waals surface area (Å²) in [5.41, 5.74) is 5.66. The molecule has 0 aromatic carbocycles. The van der Waals surface area contributed by atoms with E-state index in [0.717, 1.165) is 0 Å². The molecule has 2 rings (SSSR count). The molecule has 0 bridgehead atoms. The number of ether oxygens (including phenoxy) is 3. The molecule has 0 radical (unpaired) electrons. The largest absolute Gasteiger partial charge is 0.463 e. The van der Waals surface area contributed by atoms with E-state index in [-0.39, 0.29) is 18.8 Å². The van der Waals surface area contributed by atoms with Crippen molar-refractivity contribution in [2.24, 2.45) is 0 Å². The van der Waals surface area contributed by atoms with E-state index in [1.807, 2.05) is 0 Å². The standard InChI is InChI=1S/C14H19N3O6/c1-7-5-17(14(20)16-13(7)15)12-4-10(22-9(3)19)11(23-12)6-21-8(2)18/h5,10-12H,4,6H2,1-3H3,(H2,15,16,20)/t10-,11+,12+/m0/s1. The Bertz CT molecular complexity index is 671. The van der Waals surface area contributed by atoms with Gasteiger partial charge in [-0.05, 0) is 6.92 Å². The van der Waals surface area contributed by atoms with E-state index in [1.165, 1.54) is 24.6 Å². The van der Waals surface area contributed by atoms with Crippen LogP contribution in [-0.4, -0.2) is 40.3 Å². The third-order valence-electron chi connectivity index (χ3n) is 3.43. The SMILES string of the molecule is CC(=O)OC[C@H]1O[C@@H](n2cc(C)c(N)nc2=O)C[C@@H]1OC(C)=O. The third kappa shape index (κ3) is 4.07. The Balaban J connectivity index is 2.21. The van der Waals surface area contributed by atoms with Crippen LogP contribution in [0.1, 0.15) is 32.1 Å². The maximum Gasteiger partial charge on any atom is 0.351 e. The minimum absolute atomic E-state index is 0.0695. The first-order valence-corrected chi connectivity index (χ1v) is 7.09. The number of carbonyl (C=O) groups is 2. The van der Waals surface area contributed by atoms with Crippen LogP contribution in [0.2, 0.25) is 0 Å².